The van der Waals surface area contributed by atoms with Gasteiger partial charge in [0, 0.05) is 5.56 Å². The van der Waals surface area contributed by atoms with E-state index in [9.17, 15) is 9.90 Å². The Morgan fingerprint density at radius 1 is 1.53 bits per heavy atom. The highest BCUT2D eigenvalue weighted by atomic mass is 16.3. The Kier molecular flexibility index (Phi) is 2.10. The minimum Gasteiger partial charge on any atom is -0.395 e. The van der Waals surface area contributed by atoms with E-state index >= 15 is 0 Å². The molecule has 1 aromatic heterocycles. The van der Waals surface area contributed by atoms with Crippen molar-refractivity contribution < 1.29 is 9.90 Å². The molecule has 2 N–H and O–H groups in total. The van der Waals surface area contributed by atoms with Gasteiger partial charge in [-0.1, -0.05) is 0 Å². The smallest absolute Gasteiger partial charge is 0.171 e. The number of hydrogen-bond acceptors (Lipinski definition) is 3. The van der Waals surface area contributed by atoms with Gasteiger partial charge in [-0.2, -0.15) is 0 Å². The molecule has 88 valence electrons. The Balaban J connectivity index is 2.03. The fourth-order valence-electron chi connectivity index (χ4n) is 2.19. The number of fused-ring (bicyclic) bond motifs is 1. The third-order valence-electron chi connectivity index (χ3n) is 3.50. The van der Waals surface area contributed by atoms with Crippen molar-refractivity contribution in [3.05, 3.63) is 29.6 Å². The van der Waals surface area contributed by atoms with Gasteiger partial charge in [-0.05, 0) is 38.0 Å². The number of carbonyl (C=O) groups is 1. The quantitative estimate of drug-likeness (QED) is 0.790. The first-order chi connectivity index (χ1) is 8.14. The number of rotatable bonds is 3. The van der Waals surface area contributed by atoms with Crippen LogP contribution in [0.2, 0.25) is 0 Å². The van der Waals surface area contributed by atoms with E-state index in [0.29, 0.717) is 5.56 Å². The highest BCUT2D eigenvalue weighted by Crippen LogP contribution is 2.47. The van der Waals surface area contributed by atoms with Crippen molar-refractivity contribution >= 4 is 16.8 Å². The molecule has 0 spiro atoms. The first kappa shape index (κ1) is 10.5. The molecule has 17 heavy (non-hydrogen) atoms. The first-order valence-corrected chi connectivity index (χ1v) is 5.77. The van der Waals surface area contributed by atoms with Gasteiger partial charge < -0.3 is 10.1 Å². The van der Waals surface area contributed by atoms with Crippen LogP contribution < -0.4 is 0 Å². The van der Waals surface area contributed by atoms with Crippen LogP contribution >= 0.6 is 0 Å². The van der Waals surface area contributed by atoms with Gasteiger partial charge in [0.25, 0.3) is 0 Å². The normalized spacial score (nSPS) is 17.3. The molecule has 0 saturated heterocycles. The van der Waals surface area contributed by atoms with Gasteiger partial charge in [-0.15, -0.1) is 0 Å². The van der Waals surface area contributed by atoms with E-state index in [1.54, 1.807) is 6.07 Å². The summed E-state index contributed by atoms with van der Waals surface area (Å²) >= 11 is 0. The molecule has 0 atom stereocenters. The minimum atomic E-state index is -0.497. The van der Waals surface area contributed by atoms with Gasteiger partial charge in [0.1, 0.15) is 5.82 Å². The molecule has 1 heterocycles. The van der Waals surface area contributed by atoms with Gasteiger partial charge in [0.2, 0.25) is 0 Å². The number of hydrogen-bond donors (Lipinski definition) is 2. The molecule has 0 aliphatic heterocycles. The van der Waals surface area contributed by atoms with Gasteiger partial charge in [0.05, 0.1) is 23.1 Å². The maximum absolute atomic E-state index is 12.2. The van der Waals surface area contributed by atoms with E-state index in [0.717, 1.165) is 29.7 Å². The number of Topliss-reactive ketones (excluding diaryl/α,β-unsaturated/α-hetero) is 1. The molecular weight excluding hydrogens is 216 g/mol. The zero-order valence-electron chi connectivity index (χ0n) is 9.66. The van der Waals surface area contributed by atoms with Crippen molar-refractivity contribution in [3.63, 3.8) is 0 Å². The minimum absolute atomic E-state index is 0.0497. The monoisotopic (exact) mass is 230 g/mol. The van der Waals surface area contributed by atoms with Crippen molar-refractivity contribution in [2.75, 3.05) is 6.61 Å². The van der Waals surface area contributed by atoms with Crippen LogP contribution in [0.4, 0.5) is 0 Å². The third kappa shape index (κ3) is 1.56. The van der Waals surface area contributed by atoms with Crippen molar-refractivity contribution in [2.45, 2.75) is 19.8 Å². The van der Waals surface area contributed by atoms with Crippen LogP contribution in [0.5, 0.6) is 0 Å². The summed E-state index contributed by atoms with van der Waals surface area (Å²) in [6.07, 6.45) is 1.59. The zero-order chi connectivity index (χ0) is 12.0. The van der Waals surface area contributed by atoms with Crippen LogP contribution in [-0.2, 0) is 0 Å². The number of nitrogens with zero attached hydrogens (tertiary/aromatic N) is 1. The van der Waals surface area contributed by atoms with Gasteiger partial charge >= 0.3 is 0 Å². The van der Waals surface area contributed by atoms with Crippen LogP contribution in [-0.4, -0.2) is 27.5 Å². The second-order valence-corrected chi connectivity index (χ2v) is 4.82. The van der Waals surface area contributed by atoms with Crippen molar-refractivity contribution in [2.24, 2.45) is 5.41 Å². The zero-order valence-corrected chi connectivity index (χ0v) is 9.66. The van der Waals surface area contributed by atoms with E-state index in [2.05, 4.69) is 9.97 Å². The number of carbonyl (C=O) groups excluding carboxylic acids is 1. The summed E-state index contributed by atoms with van der Waals surface area (Å²) in [6, 6.07) is 5.47. The van der Waals surface area contributed by atoms with Crippen LogP contribution in [0, 0.1) is 12.3 Å². The lowest BCUT2D eigenvalue weighted by Crippen LogP contribution is -2.19. The summed E-state index contributed by atoms with van der Waals surface area (Å²) in [7, 11) is 0. The SMILES string of the molecule is Cc1nc2ccc(C(=O)C3(CO)CC3)cc2[nH]1. The number of ketones is 1. The van der Waals surface area contributed by atoms with E-state index < -0.39 is 5.41 Å². The topological polar surface area (TPSA) is 66.0 Å². The maximum atomic E-state index is 12.2. The molecule has 1 saturated carbocycles. The molecule has 0 bridgehead atoms. The largest absolute Gasteiger partial charge is 0.395 e. The summed E-state index contributed by atoms with van der Waals surface area (Å²) < 4.78 is 0. The van der Waals surface area contributed by atoms with Crippen LogP contribution in [0.1, 0.15) is 29.0 Å². The molecule has 2 aromatic rings. The second kappa shape index (κ2) is 3.40. The standard InChI is InChI=1S/C13H14N2O2/c1-8-14-10-3-2-9(6-11(10)15-8)12(17)13(7-16)4-5-13/h2-3,6,16H,4-5,7H2,1H3,(H,14,15). The Hall–Kier alpha value is -1.68. The number of imidazole rings is 1. The predicted molar refractivity (Wildman–Crippen MR) is 63.9 cm³/mol. The average molecular weight is 230 g/mol. The molecule has 3 rings (SSSR count). The molecule has 0 unspecified atom stereocenters. The molecule has 1 aliphatic rings. The van der Waals surface area contributed by atoms with E-state index in [1.807, 2.05) is 19.1 Å². The van der Waals surface area contributed by atoms with Crippen LogP contribution in [0.3, 0.4) is 0 Å². The number of aryl methyl sites for hydroxylation is 1. The lowest BCUT2D eigenvalue weighted by Gasteiger charge is -2.09. The Labute approximate surface area is 98.7 Å². The molecule has 4 heteroatoms. The number of aliphatic hydroxyl groups excluding tert-OH is 1. The predicted octanol–water partition coefficient (Wildman–Crippen LogP) is 1.83. The van der Waals surface area contributed by atoms with E-state index in [-0.39, 0.29) is 12.4 Å². The fraction of sp³-hybridized carbons (Fsp3) is 0.385. The number of benzene rings is 1. The molecule has 1 aromatic carbocycles. The summed E-state index contributed by atoms with van der Waals surface area (Å²) in [4.78, 5) is 19.6. The lowest BCUT2D eigenvalue weighted by atomic mass is 9.95. The third-order valence-corrected chi connectivity index (χ3v) is 3.50. The number of aromatic amines is 1. The maximum Gasteiger partial charge on any atom is 0.171 e. The number of nitrogens with one attached hydrogen (secondary N) is 1. The molecule has 0 amide bonds. The van der Waals surface area contributed by atoms with Gasteiger partial charge in [0.15, 0.2) is 5.78 Å². The fourth-order valence-corrected chi connectivity index (χ4v) is 2.19. The Morgan fingerprint density at radius 2 is 2.29 bits per heavy atom. The van der Waals surface area contributed by atoms with Crippen molar-refractivity contribution in [3.8, 4) is 0 Å². The molecule has 0 radical (unpaired) electrons. The average Bonchev–Trinajstić information content (AvgIpc) is 3.03. The second-order valence-electron chi connectivity index (χ2n) is 4.82. The lowest BCUT2D eigenvalue weighted by molar-refractivity contribution is 0.0830. The summed E-state index contributed by atoms with van der Waals surface area (Å²) in [6.45, 7) is 1.84. The molecule has 4 nitrogen and oxygen atoms in total. The van der Waals surface area contributed by atoms with Crippen LogP contribution in [0.25, 0.3) is 11.0 Å². The van der Waals surface area contributed by atoms with Gasteiger partial charge in [-0.25, -0.2) is 4.98 Å². The highest BCUT2D eigenvalue weighted by Gasteiger charge is 2.49. The summed E-state index contributed by atoms with van der Waals surface area (Å²) in [5.74, 6) is 0.891. The summed E-state index contributed by atoms with van der Waals surface area (Å²) in [5.41, 5.74) is 1.91. The number of aromatic nitrogens is 2. The number of aliphatic hydroxyl groups is 1. The molecular formula is C13H14N2O2. The Bertz CT molecular complexity index is 596. The van der Waals surface area contributed by atoms with E-state index in [1.165, 1.54) is 0 Å². The first-order valence-electron chi connectivity index (χ1n) is 5.77. The van der Waals surface area contributed by atoms with E-state index in [4.69, 9.17) is 0 Å². The van der Waals surface area contributed by atoms with Crippen molar-refractivity contribution in [1.82, 2.24) is 9.97 Å². The van der Waals surface area contributed by atoms with Crippen molar-refractivity contribution in [1.29, 1.82) is 0 Å². The molecule has 1 aliphatic carbocycles. The highest BCUT2D eigenvalue weighted by molar-refractivity contribution is 6.04. The van der Waals surface area contributed by atoms with Crippen LogP contribution in [0.15, 0.2) is 18.2 Å². The Morgan fingerprint density at radius 3 is 2.94 bits per heavy atom. The summed E-state index contributed by atoms with van der Waals surface area (Å²) in [5, 5.41) is 9.26. The van der Waals surface area contributed by atoms with Gasteiger partial charge in [-0.3, -0.25) is 4.79 Å². The number of H-pyrrole nitrogens is 1. The molecule has 1 fully saturated rings.